The quantitative estimate of drug-likeness (QED) is 0.160. The van der Waals surface area contributed by atoms with Crippen molar-refractivity contribution in [1.29, 1.82) is 0 Å². The van der Waals surface area contributed by atoms with Crippen LogP contribution in [-0.4, -0.2) is 6.71 Å². The minimum atomic E-state index is -0.190. The predicted octanol–water partition coefficient (Wildman–Crippen LogP) is 20.9. The molecular weight excluding hydrogens is 1030 g/mol. The molecule has 0 amide bonds. The molecule has 9 aromatic rings. The normalized spacial score (nSPS) is 17.4. The largest absolute Gasteiger partial charge is 0.456 e. The summed E-state index contributed by atoms with van der Waals surface area (Å²) >= 11 is 0. The van der Waals surface area contributed by atoms with Gasteiger partial charge in [-0.3, -0.25) is 0 Å². The minimum Gasteiger partial charge on any atom is -0.456 e. The van der Waals surface area contributed by atoms with Crippen LogP contribution in [0, 0.1) is 6.92 Å². The summed E-state index contributed by atoms with van der Waals surface area (Å²) in [6, 6.07) is 55.6. The topological polar surface area (TPSA) is 22.9 Å². The first-order chi connectivity index (χ1) is 39.5. The van der Waals surface area contributed by atoms with Crippen molar-refractivity contribution in [2.75, 3.05) is 14.7 Å². The van der Waals surface area contributed by atoms with Gasteiger partial charge in [-0.05, 0) is 215 Å². The Morgan fingerprint density at radius 2 is 0.835 bits per heavy atom. The zero-order valence-electron chi connectivity index (χ0n) is 55.2. The van der Waals surface area contributed by atoms with E-state index in [9.17, 15) is 0 Å². The van der Waals surface area contributed by atoms with E-state index in [1.54, 1.807) is 0 Å². The van der Waals surface area contributed by atoms with Gasteiger partial charge in [0.25, 0.3) is 6.71 Å². The molecule has 0 spiro atoms. The van der Waals surface area contributed by atoms with Crippen molar-refractivity contribution in [3.05, 3.63) is 190 Å². The number of aryl methyl sites for hydroxylation is 1. The van der Waals surface area contributed by atoms with E-state index in [0.717, 1.165) is 57.5 Å². The van der Waals surface area contributed by atoms with E-state index >= 15 is 0 Å². The molecule has 0 unspecified atom stereocenters. The highest BCUT2D eigenvalue weighted by atomic mass is 16.3. The molecule has 1 aromatic heterocycles. The fourth-order valence-electron chi connectivity index (χ4n) is 15.5. The van der Waals surface area contributed by atoms with E-state index in [1.165, 1.54) is 101 Å². The first-order valence-corrected chi connectivity index (χ1v) is 31.8. The third-order valence-corrected chi connectivity index (χ3v) is 20.6. The zero-order valence-corrected chi connectivity index (χ0v) is 55.2. The second-order valence-corrected chi connectivity index (χ2v) is 33.1. The molecule has 2 aliphatic carbocycles. The van der Waals surface area contributed by atoms with Crippen LogP contribution in [0.3, 0.4) is 0 Å². The number of nitrogens with zero attached hydrogens (tertiary/aromatic N) is 3. The Hall–Kier alpha value is -6.98. The fraction of sp³-hybridized carbons (Fsp3) is 0.400. The molecule has 0 radical (unpaired) electrons. The Bertz CT molecular complexity index is 4150. The van der Waals surface area contributed by atoms with E-state index in [-0.39, 0.29) is 50.0 Å². The summed E-state index contributed by atoms with van der Waals surface area (Å²) in [5.41, 5.74) is 28.9. The van der Waals surface area contributed by atoms with E-state index in [2.05, 4.69) is 300 Å². The lowest BCUT2D eigenvalue weighted by Crippen LogP contribution is -2.61. The van der Waals surface area contributed by atoms with Gasteiger partial charge in [0.15, 0.2) is 0 Å². The maximum absolute atomic E-state index is 7.04. The monoisotopic (exact) mass is 1120 g/mol. The van der Waals surface area contributed by atoms with E-state index in [4.69, 9.17) is 4.42 Å². The number of furan rings is 1. The molecule has 0 saturated carbocycles. The van der Waals surface area contributed by atoms with Gasteiger partial charge in [0.05, 0.1) is 0 Å². The van der Waals surface area contributed by atoms with Gasteiger partial charge in [0, 0.05) is 68.0 Å². The first kappa shape index (κ1) is 57.1. The van der Waals surface area contributed by atoms with Crippen LogP contribution in [0.4, 0.5) is 51.2 Å². The summed E-state index contributed by atoms with van der Waals surface area (Å²) in [4.78, 5) is 7.84. The summed E-state index contributed by atoms with van der Waals surface area (Å²) in [5.74, 6) is 0. The van der Waals surface area contributed by atoms with Crippen molar-refractivity contribution in [3.8, 4) is 0 Å². The number of hydrogen-bond acceptors (Lipinski definition) is 4. The lowest BCUT2D eigenvalue weighted by atomic mass is 9.33. The summed E-state index contributed by atoms with van der Waals surface area (Å²) in [6.45, 7) is 50.0. The number of benzene rings is 8. The fourth-order valence-corrected chi connectivity index (χ4v) is 15.5. The zero-order chi connectivity index (χ0) is 60.8. The maximum atomic E-state index is 7.04. The summed E-state index contributed by atoms with van der Waals surface area (Å²) in [5, 5.41) is 2.28. The Morgan fingerprint density at radius 1 is 0.388 bits per heavy atom. The molecule has 0 atom stereocenters. The third-order valence-electron chi connectivity index (χ3n) is 20.6. The van der Waals surface area contributed by atoms with Crippen LogP contribution in [0.2, 0.25) is 0 Å². The van der Waals surface area contributed by atoms with Crippen LogP contribution in [0.15, 0.2) is 144 Å². The average molecular weight is 1120 g/mol. The van der Waals surface area contributed by atoms with Crippen LogP contribution in [-0.2, 0) is 43.3 Å². The van der Waals surface area contributed by atoms with Crippen LogP contribution in [0.1, 0.15) is 208 Å². The molecule has 85 heavy (non-hydrogen) atoms. The molecule has 436 valence electrons. The highest BCUT2D eigenvalue weighted by Crippen LogP contribution is 2.56. The SMILES string of the molecule is Cc1cc2c(cc1N1c3cc4c(cc3B3c5ccc(N(c6ccc(C(C)(C)C)cc6)c6ccc(C(C)(C)C)cc6)cc5N(c5ccc6c(c5)oc5cc(C(C)(C)C)ccc56)c5cc(C(C)(C)C)cc1c53)C(C)(C)CC4(C)C)C(C)(C)CCC2(C)C. The first-order valence-electron chi connectivity index (χ1n) is 31.8. The number of rotatable bonds is 5. The van der Waals surface area contributed by atoms with Crippen LogP contribution in [0.25, 0.3) is 21.9 Å². The van der Waals surface area contributed by atoms with Gasteiger partial charge in [-0.2, -0.15) is 0 Å². The van der Waals surface area contributed by atoms with Crippen molar-refractivity contribution < 1.29 is 4.42 Å². The van der Waals surface area contributed by atoms with Crippen LogP contribution >= 0.6 is 0 Å². The molecule has 2 aliphatic heterocycles. The molecule has 5 heteroatoms. The van der Waals surface area contributed by atoms with Crippen molar-refractivity contribution >= 4 is 96.2 Å². The van der Waals surface area contributed by atoms with Gasteiger partial charge in [0.1, 0.15) is 11.2 Å². The van der Waals surface area contributed by atoms with Gasteiger partial charge in [-0.25, -0.2) is 0 Å². The lowest BCUT2D eigenvalue weighted by Gasteiger charge is -2.47. The average Bonchev–Trinajstić information content (AvgIpc) is 1.48. The second-order valence-electron chi connectivity index (χ2n) is 33.1. The van der Waals surface area contributed by atoms with Crippen molar-refractivity contribution in [2.45, 2.75) is 208 Å². The Balaban J connectivity index is 1.14. The van der Waals surface area contributed by atoms with Gasteiger partial charge in [0.2, 0.25) is 0 Å². The summed E-state index contributed by atoms with van der Waals surface area (Å²) < 4.78 is 7.04. The van der Waals surface area contributed by atoms with Gasteiger partial charge < -0.3 is 19.1 Å². The number of hydrogen-bond donors (Lipinski definition) is 0. The molecule has 13 rings (SSSR count). The molecule has 8 aromatic carbocycles. The third kappa shape index (κ3) is 9.20. The summed E-state index contributed by atoms with van der Waals surface area (Å²) in [6.07, 6.45) is 3.43. The smallest absolute Gasteiger partial charge is 0.252 e. The van der Waals surface area contributed by atoms with Crippen molar-refractivity contribution in [3.63, 3.8) is 0 Å². The standard InChI is InChI=1S/C80H92BN3O/c1-48-38-59-61(78(16,17)37-36-77(59,14)15)45-65(48)84-67-46-62-60(79(18,19)47-80(62,20)21)44-64(67)81-63-35-32-55(82(53-27-22-49(23-28-53)73(2,3)4)54-29-24-50(25-30-54)74(5,6)7)42-66(63)83(68-39-52(76(11,12)13)40-69(84)72(68)81)56-31-34-58-57-33-26-51(75(8,9)10)41-70(57)85-71(58)43-56/h22-35,38-46H,36-37,47H2,1-21H3. The van der Waals surface area contributed by atoms with Gasteiger partial charge >= 0.3 is 0 Å². The molecule has 0 bridgehead atoms. The van der Waals surface area contributed by atoms with Gasteiger partial charge in [-0.1, -0.05) is 193 Å². The van der Waals surface area contributed by atoms with Crippen molar-refractivity contribution in [1.82, 2.24) is 0 Å². The van der Waals surface area contributed by atoms with Crippen LogP contribution in [0.5, 0.6) is 0 Å². The maximum Gasteiger partial charge on any atom is 0.252 e. The molecule has 0 N–H and O–H groups in total. The Labute approximate surface area is 510 Å². The highest BCUT2D eigenvalue weighted by molar-refractivity contribution is 7.00. The van der Waals surface area contributed by atoms with Crippen molar-refractivity contribution in [2.24, 2.45) is 0 Å². The van der Waals surface area contributed by atoms with E-state index in [0.29, 0.717) is 0 Å². The number of fused-ring (bicyclic) bond motifs is 9. The van der Waals surface area contributed by atoms with Gasteiger partial charge in [-0.15, -0.1) is 0 Å². The molecule has 0 saturated heterocycles. The number of anilines is 9. The minimum absolute atomic E-state index is 0.00541. The second kappa shape index (κ2) is 18.5. The lowest BCUT2D eigenvalue weighted by molar-refractivity contribution is 0.332. The molecule has 0 fully saturated rings. The van der Waals surface area contributed by atoms with E-state index in [1.807, 2.05) is 0 Å². The molecule has 3 heterocycles. The predicted molar refractivity (Wildman–Crippen MR) is 368 cm³/mol. The molecule has 4 aliphatic rings. The molecule has 4 nitrogen and oxygen atoms in total. The van der Waals surface area contributed by atoms with E-state index < -0.39 is 0 Å². The summed E-state index contributed by atoms with van der Waals surface area (Å²) in [7, 11) is 0. The Morgan fingerprint density at radius 3 is 1.39 bits per heavy atom. The molecular formula is C80H92BN3O. The Kier molecular flexibility index (Phi) is 12.4. The van der Waals surface area contributed by atoms with Crippen LogP contribution < -0.4 is 31.1 Å². The highest BCUT2D eigenvalue weighted by Gasteiger charge is 2.49.